The van der Waals surface area contributed by atoms with Crippen molar-refractivity contribution in [2.24, 2.45) is 0 Å². The van der Waals surface area contributed by atoms with Gasteiger partial charge in [0.2, 0.25) is 5.91 Å². The molecule has 0 aliphatic rings. The zero-order chi connectivity index (χ0) is 16.0. The van der Waals surface area contributed by atoms with E-state index in [0.29, 0.717) is 5.56 Å². The minimum atomic E-state index is -0.276. The van der Waals surface area contributed by atoms with Gasteiger partial charge in [0.1, 0.15) is 0 Å². The van der Waals surface area contributed by atoms with Gasteiger partial charge < -0.3 is 5.32 Å². The molecule has 0 saturated heterocycles. The first-order chi connectivity index (χ1) is 9.79. The molecular weight excluding hydrogens is 262 g/mol. The SMILES string of the molecule is CCC(C)(C)NC(=O)[C@H](C)N[C@H](C)c1ccc(C#N)cc1. The van der Waals surface area contributed by atoms with Gasteiger partial charge in [-0.2, -0.15) is 5.26 Å². The van der Waals surface area contributed by atoms with Crippen molar-refractivity contribution >= 4 is 5.91 Å². The molecule has 0 bridgehead atoms. The Morgan fingerprint density at radius 1 is 1.29 bits per heavy atom. The van der Waals surface area contributed by atoms with Gasteiger partial charge in [-0.05, 0) is 51.8 Å². The summed E-state index contributed by atoms with van der Waals surface area (Å²) in [5.41, 5.74) is 1.51. The van der Waals surface area contributed by atoms with Crippen molar-refractivity contribution < 1.29 is 4.79 Å². The van der Waals surface area contributed by atoms with E-state index >= 15 is 0 Å². The van der Waals surface area contributed by atoms with E-state index in [9.17, 15) is 4.79 Å². The number of hydrogen-bond donors (Lipinski definition) is 2. The van der Waals surface area contributed by atoms with Crippen LogP contribution in [0.4, 0.5) is 0 Å². The summed E-state index contributed by atoms with van der Waals surface area (Å²) in [5.74, 6) is 0.00217. The van der Waals surface area contributed by atoms with Crippen LogP contribution in [0.2, 0.25) is 0 Å². The molecule has 0 aromatic heterocycles. The van der Waals surface area contributed by atoms with E-state index in [4.69, 9.17) is 5.26 Å². The molecule has 21 heavy (non-hydrogen) atoms. The molecule has 0 radical (unpaired) electrons. The van der Waals surface area contributed by atoms with Crippen LogP contribution in [0.1, 0.15) is 58.2 Å². The predicted molar refractivity (Wildman–Crippen MR) is 84.7 cm³/mol. The van der Waals surface area contributed by atoms with Gasteiger partial charge in [-0.15, -0.1) is 0 Å². The fourth-order valence-electron chi connectivity index (χ4n) is 1.92. The normalized spacial score (nSPS) is 14.1. The van der Waals surface area contributed by atoms with Crippen LogP contribution in [0.3, 0.4) is 0 Å². The summed E-state index contributed by atoms with van der Waals surface area (Å²) in [4.78, 5) is 12.2. The zero-order valence-electron chi connectivity index (χ0n) is 13.5. The number of rotatable bonds is 6. The standard InChI is InChI=1S/C17H25N3O/c1-6-17(4,5)20-16(21)13(3)19-12(2)15-9-7-14(11-18)8-10-15/h7-10,12-13,19H,6H2,1-5H3,(H,20,21)/t12-,13+/m1/s1. The predicted octanol–water partition coefficient (Wildman–Crippen LogP) is 2.90. The molecule has 0 unspecified atom stereocenters. The van der Waals surface area contributed by atoms with Crippen LogP contribution in [0, 0.1) is 11.3 Å². The van der Waals surface area contributed by atoms with Crippen molar-refractivity contribution in [3.05, 3.63) is 35.4 Å². The third-order valence-electron chi connectivity index (χ3n) is 3.78. The van der Waals surface area contributed by atoms with E-state index in [0.717, 1.165) is 12.0 Å². The Kier molecular flexibility index (Phi) is 5.92. The second-order valence-electron chi connectivity index (χ2n) is 6.07. The lowest BCUT2D eigenvalue weighted by Gasteiger charge is -2.28. The highest BCUT2D eigenvalue weighted by molar-refractivity contribution is 5.82. The lowest BCUT2D eigenvalue weighted by atomic mass is 10.0. The monoisotopic (exact) mass is 287 g/mol. The molecule has 4 nitrogen and oxygen atoms in total. The number of hydrogen-bond acceptors (Lipinski definition) is 3. The number of nitriles is 1. The fraction of sp³-hybridized carbons (Fsp3) is 0.529. The van der Waals surface area contributed by atoms with Crippen LogP contribution in [0.25, 0.3) is 0 Å². The Hall–Kier alpha value is -1.86. The second kappa shape index (κ2) is 7.24. The molecule has 4 heteroatoms. The summed E-state index contributed by atoms with van der Waals surface area (Å²) in [6.45, 7) is 9.96. The molecule has 2 N–H and O–H groups in total. The largest absolute Gasteiger partial charge is 0.350 e. The van der Waals surface area contributed by atoms with Crippen LogP contribution in [0.15, 0.2) is 24.3 Å². The van der Waals surface area contributed by atoms with E-state index < -0.39 is 0 Å². The summed E-state index contributed by atoms with van der Waals surface area (Å²) >= 11 is 0. The average molecular weight is 287 g/mol. The molecule has 0 fully saturated rings. The highest BCUT2D eigenvalue weighted by Crippen LogP contribution is 2.14. The van der Waals surface area contributed by atoms with E-state index in [-0.39, 0.29) is 23.5 Å². The van der Waals surface area contributed by atoms with Crippen LogP contribution in [-0.4, -0.2) is 17.5 Å². The molecule has 1 rings (SSSR count). The summed E-state index contributed by atoms with van der Waals surface area (Å²) < 4.78 is 0. The van der Waals surface area contributed by atoms with Crippen molar-refractivity contribution in [3.63, 3.8) is 0 Å². The Morgan fingerprint density at radius 2 is 1.86 bits per heavy atom. The smallest absolute Gasteiger partial charge is 0.237 e. The number of nitrogens with zero attached hydrogens (tertiary/aromatic N) is 1. The van der Waals surface area contributed by atoms with Crippen LogP contribution in [-0.2, 0) is 4.79 Å². The quantitative estimate of drug-likeness (QED) is 0.845. The molecule has 114 valence electrons. The zero-order valence-corrected chi connectivity index (χ0v) is 13.5. The number of carbonyl (C=O) groups excluding carboxylic acids is 1. The molecular formula is C17H25N3O. The van der Waals surface area contributed by atoms with Gasteiger partial charge in [-0.25, -0.2) is 0 Å². The van der Waals surface area contributed by atoms with Crippen LogP contribution >= 0.6 is 0 Å². The first-order valence-corrected chi connectivity index (χ1v) is 7.37. The van der Waals surface area contributed by atoms with Gasteiger partial charge in [0.15, 0.2) is 0 Å². The lowest BCUT2D eigenvalue weighted by Crippen LogP contribution is -2.51. The third-order valence-corrected chi connectivity index (χ3v) is 3.78. The topological polar surface area (TPSA) is 64.9 Å². The molecule has 2 atom stereocenters. The summed E-state index contributed by atoms with van der Waals surface area (Å²) in [6, 6.07) is 9.28. The van der Waals surface area contributed by atoms with E-state index in [1.807, 2.05) is 39.8 Å². The van der Waals surface area contributed by atoms with Gasteiger partial charge in [-0.3, -0.25) is 10.1 Å². The summed E-state index contributed by atoms with van der Waals surface area (Å²) in [5, 5.41) is 15.1. The van der Waals surface area contributed by atoms with E-state index in [2.05, 4.69) is 23.6 Å². The van der Waals surface area contributed by atoms with Crippen molar-refractivity contribution in [1.29, 1.82) is 5.26 Å². The highest BCUT2D eigenvalue weighted by Gasteiger charge is 2.22. The average Bonchev–Trinajstić information content (AvgIpc) is 2.46. The molecule has 0 aliphatic heterocycles. The Bertz CT molecular complexity index is 514. The minimum Gasteiger partial charge on any atom is -0.350 e. The Labute approximate surface area is 127 Å². The maximum atomic E-state index is 12.2. The number of benzene rings is 1. The van der Waals surface area contributed by atoms with Crippen molar-refractivity contribution in [1.82, 2.24) is 10.6 Å². The van der Waals surface area contributed by atoms with Crippen LogP contribution < -0.4 is 10.6 Å². The molecule has 0 aliphatic carbocycles. The van der Waals surface area contributed by atoms with E-state index in [1.165, 1.54) is 0 Å². The van der Waals surface area contributed by atoms with Gasteiger partial charge in [0.25, 0.3) is 0 Å². The Balaban J connectivity index is 2.62. The van der Waals surface area contributed by atoms with Crippen molar-refractivity contribution in [2.45, 2.75) is 58.7 Å². The van der Waals surface area contributed by atoms with Crippen LogP contribution in [0.5, 0.6) is 0 Å². The highest BCUT2D eigenvalue weighted by atomic mass is 16.2. The molecule has 1 amide bonds. The maximum absolute atomic E-state index is 12.2. The molecule has 0 saturated carbocycles. The minimum absolute atomic E-state index is 0.00217. The molecule has 1 aromatic rings. The second-order valence-corrected chi connectivity index (χ2v) is 6.07. The van der Waals surface area contributed by atoms with Gasteiger partial charge in [-0.1, -0.05) is 19.1 Å². The maximum Gasteiger partial charge on any atom is 0.237 e. The first-order valence-electron chi connectivity index (χ1n) is 7.37. The number of carbonyl (C=O) groups is 1. The molecule has 0 spiro atoms. The third kappa shape index (κ3) is 5.20. The lowest BCUT2D eigenvalue weighted by molar-refractivity contribution is -0.124. The Morgan fingerprint density at radius 3 is 2.33 bits per heavy atom. The fourth-order valence-corrected chi connectivity index (χ4v) is 1.92. The number of nitrogens with one attached hydrogen (secondary N) is 2. The van der Waals surface area contributed by atoms with Gasteiger partial charge in [0, 0.05) is 11.6 Å². The molecule has 0 heterocycles. The molecule has 1 aromatic carbocycles. The van der Waals surface area contributed by atoms with Crippen molar-refractivity contribution in [2.75, 3.05) is 0 Å². The first kappa shape index (κ1) is 17.2. The van der Waals surface area contributed by atoms with E-state index in [1.54, 1.807) is 12.1 Å². The van der Waals surface area contributed by atoms with Crippen molar-refractivity contribution in [3.8, 4) is 6.07 Å². The van der Waals surface area contributed by atoms with Gasteiger partial charge >= 0.3 is 0 Å². The summed E-state index contributed by atoms with van der Waals surface area (Å²) in [6.07, 6.45) is 0.886. The number of amides is 1. The van der Waals surface area contributed by atoms with Gasteiger partial charge in [0.05, 0.1) is 17.7 Å². The summed E-state index contributed by atoms with van der Waals surface area (Å²) in [7, 11) is 0.